The van der Waals surface area contributed by atoms with E-state index in [1.165, 1.54) is 70.6 Å². The van der Waals surface area contributed by atoms with Gasteiger partial charge in [-0.05, 0) is 74.5 Å². The van der Waals surface area contributed by atoms with Gasteiger partial charge >= 0.3 is 0 Å². The summed E-state index contributed by atoms with van der Waals surface area (Å²) in [6.07, 6.45) is 17.0. The van der Waals surface area contributed by atoms with Crippen molar-refractivity contribution in [1.82, 2.24) is 0 Å². The molecule has 3 saturated carbocycles. The molecule has 6 atom stereocenters. The highest BCUT2D eigenvalue weighted by Gasteiger charge is 2.44. The Labute approximate surface area is 131 Å². The average Bonchev–Trinajstić information content (AvgIpc) is 2.54. The summed E-state index contributed by atoms with van der Waals surface area (Å²) in [5, 5.41) is 9.20. The Balaban J connectivity index is 1.53. The van der Waals surface area contributed by atoms with Crippen molar-refractivity contribution in [2.75, 3.05) is 0 Å². The van der Waals surface area contributed by atoms with Crippen LogP contribution >= 0.6 is 0 Å². The van der Waals surface area contributed by atoms with E-state index < -0.39 is 0 Å². The Hall–Kier alpha value is -0.510. The smallest absolute Gasteiger partial charge is 0.0655 e. The van der Waals surface area contributed by atoms with E-state index in [0.717, 1.165) is 29.6 Å². The second-order valence-corrected chi connectivity index (χ2v) is 8.24. The Morgan fingerprint density at radius 1 is 0.857 bits per heavy atom. The van der Waals surface area contributed by atoms with E-state index in [-0.39, 0.29) is 0 Å². The van der Waals surface area contributed by atoms with E-state index in [2.05, 4.69) is 13.0 Å². The van der Waals surface area contributed by atoms with E-state index in [4.69, 9.17) is 0 Å². The molecule has 3 aliphatic carbocycles. The molecular weight excluding hydrogens is 254 g/mol. The van der Waals surface area contributed by atoms with Crippen molar-refractivity contribution >= 4 is 0 Å². The molecule has 1 heteroatoms. The molecule has 3 rings (SSSR count). The minimum atomic E-state index is 0.383. The van der Waals surface area contributed by atoms with Gasteiger partial charge in [-0.1, -0.05) is 39.0 Å². The minimum Gasteiger partial charge on any atom is -0.198 e. The van der Waals surface area contributed by atoms with Gasteiger partial charge in [0.15, 0.2) is 0 Å². The lowest BCUT2D eigenvalue weighted by molar-refractivity contribution is 0.00280. The van der Waals surface area contributed by atoms with Crippen LogP contribution in [0, 0.1) is 46.8 Å². The average molecular weight is 287 g/mol. The van der Waals surface area contributed by atoms with Crippen LogP contribution < -0.4 is 0 Å². The van der Waals surface area contributed by atoms with Crippen molar-refractivity contribution < 1.29 is 0 Å². The third-order valence-electron chi connectivity index (χ3n) is 7.05. The Bertz CT molecular complexity index is 369. The van der Waals surface area contributed by atoms with Crippen molar-refractivity contribution in [1.29, 1.82) is 5.26 Å². The van der Waals surface area contributed by atoms with Crippen LogP contribution in [0.3, 0.4) is 0 Å². The fourth-order valence-corrected chi connectivity index (χ4v) is 5.95. The second kappa shape index (κ2) is 7.17. The monoisotopic (exact) mass is 287 g/mol. The number of nitriles is 1. The van der Waals surface area contributed by atoms with Gasteiger partial charge in [-0.3, -0.25) is 0 Å². The molecule has 0 spiro atoms. The van der Waals surface area contributed by atoms with Gasteiger partial charge in [0.1, 0.15) is 0 Å². The zero-order chi connectivity index (χ0) is 14.7. The number of hydrogen-bond donors (Lipinski definition) is 0. The highest BCUT2D eigenvalue weighted by Crippen LogP contribution is 2.53. The molecule has 21 heavy (non-hydrogen) atoms. The molecule has 0 aliphatic heterocycles. The maximum atomic E-state index is 9.20. The summed E-state index contributed by atoms with van der Waals surface area (Å²) in [4.78, 5) is 0. The quantitative estimate of drug-likeness (QED) is 0.586. The molecule has 0 aromatic carbocycles. The molecule has 4 unspecified atom stereocenters. The molecule has 1 nitrogen and oxygen atoms in total. The maximum absolute atomic E-state index is 9.20. The van der Waals surface area contributed by atoms with E-state index >= 15 is 0 Å². The highest BCUT2D eigenvalue weighted by atomic mass is 14.5. The number of unbranched alkanes of at least 4 members (excludes halogenated alkanes) is 2. The third kappa shape index (κ3) is 3.46. The summed E-state index contributed by atoms with van der Waals surface area (Å²) >= 11 is 0. The molecule has 0 aromatic heterocycles. The van der Waals surface area contributed by atoms with Crippen molar-refractivity contribution in [2.45, 2.75) is 84.0 Å². The number of hydrogen-bond acceptors (Lipinski definition) is 1. The van der Waals surface area contributed by atoms with Crippen LogP contribution in [-0.2, 0) is 0 Å². The van der Waals surface area contributed by atoms with Crippen LogP contribution in [0.1, 0.15) is 84.0 Å². The first-order valence-corrected chi connectivity index (χ1v) is 9.71. The van der Waals surface area contributed by atoms with Gasteiger partial charge in [0, 0.05) is 5.92 Å². The van der Waals surface area contributed by atoms with Crippen LogP contribution in [-0.4, -0.2) is 0 Å². The van der Waals surface area contributed by atoms with Crippen molar-refractivity contribution in [3.8, 4) is 6.07 Å². The summed E-state index contributed by atoms with van der Waals surface area (Å²) in [5.74, 6) is 5.40. The van der Waals surface area contributed by atoms with E-state index in [0.29, 0.717) is 5.92 Å². The predicted octanol–water partition coefficient (Wildman–Crippen LogP) is 5.95. The zero-order valence-electron chi connectivity index (χ0n) is 13.9. The van der Waals surface area contributed by atoms with Crippen molar-refractivity contribution in [3.63, 3.8) is 0 Å². The zero-order valence-corrected chi connectivity index (χ0v) is 13.9. The SMILES string of the molecule is CCCCC[C@H]1CCC2C(CCC3C[C@@H](C#N)CCC32)C1. The lowest BCUT2D eigenvalue weighted by Gasteiger charge is -2.50. The van der Waals surface area contributed by atoms with Crippen LogP contribution in [0.4, 0.5) is 0 Å². The highest BCUT2D eigenvalue weighted by molar-refractivity contribution is 4.98. The third-order valence-corrected chi connectivity index (χ3v) is 7.05. The van der Waals surface area contributed by atoms with Crippen LogP contribution in [0.5, 0.6) is 0 Å². The van der Waals surface area contributed by atoms with Gasteiger partial charge in [-0.2, -0.15) is 5.26 Å². The molecule has 0 radical (unpaired) electrons. The predicted molar refractivity (Wildman–Crippen MR) is 87.6 cm³/mol. The first kappa shape index (κ1) is 15.4. The van der Waals surface area contributed by atoms with E-state index in [1.54, 1.807) is 6.42 Å². The Kier molecular flexibility index (Phi) is 5.25. The summed E-state index contributed by atoms with van der Waals surface area (Å²) in [6, 6.07) is 2.54. The van der Waals surface area contributed by atoms with E-state index in [9.17, 15) is 5.26 Å². The molecule has 0 N–H and O–H groups in total. The number of fused-ring (bicyclic) bond motifs is 3. The van der Waals surface area contributed by atoms with Gasteiger partial charge in [0.05, 0.1) is 6.07 Å². The fraction of sp³-hybridized carbons (Fsp3) is 0.950. The maximum Gasteiger partial charge on any atom is 0.0655 e. The summed E-state index contributed by atoms with van der Waals surface area (Å²) < 4.78 is 0. The Morgan fingerprint density at radius 3 is 2.29 bits per heavy atom. The van der Waals surface area contributed by atoms with Gasteiger partial charge in [0.25, 0.3) is 0 Å². The topological polar surface area (TPSA) is 23.8 Å². The molecule has 0 aromatic rings. The van der Waals surface area contributed by atoms with Gasteiger partial charge < -0.3 is 0 Å². The van der Waals surface area contributed by atoms with Gasteiger partial charge in [-0.25, -0.2) is 0 Å². The van der Waals surface area contributed by atoms with Crippen molar-refractivity contribution in [2.24, 2.45) is 35.5 Å². The standard InChI is InChI=1S/C20H33N/c1-2-3-4-5-15-6-10-19-17(12-15)8-9-18-13-16(14-21)7-11-20(18)19/h15-20H,2-13H2,1H3/t15-,16-,17?,18?,19?,20?/m0/s1. The lowest BCUT2D eigenvalue weighted by atomic mass is 9.55. The molecular formula is C20H33N. The molecule has 118 valence electrons. The lowest BCUT2D eigenvalue weighted by Crippen LogP contribution is -2.41. The molecule has 0 heterocycles. The molecule has 3 aliphatic rings. The van der Waals surface area contributed by atoms with Crippen LogP contribution in [0.15, 0.2) is 0 Å². The van der Waals surface area contributed by atoms with Crippen LogP contribution in [0.2, 0.25) is 0 Å². The summed E-state index contributed by atoms with van der Waals surface area (Å²) in [5.41, 5.74) is 0. The normalized spacial score (nSPS) is 42.7. The molecule has 3 fully saturated rings. The van der Waals surface area contributed by atoms with Crippen LogP contribution in [0.25, 0.3) is 0 Å². The largest absolute Gasteiger partial charge is 0.198 e. The fourth-order valence-electron chi connectivity index (χ4n) is 5.95. The first-order valence-electron chi connectivity index (χ1n) is 9.71. The molecule has 0 saturated heterocycles. The first-order chi connectivity index (χ1) is 10.3. The summed E-state index contributed by atoms with van der Waals surface area (Å²) in [6.45, 7) is 2.32. The second-order valence-electron chi connectivity index (χ2n) is 8.24. The summed E-state index contributed by atoms with van der Waals surface area (Å²) in [7, 11) is 0. The minimum absolute atomic E-state index is 0.383. The number of nitrogens with zero attached hydrogens (tertiary/aromatic N) is 1. The van der Waals surface area contributed by atoms with E-state index in [1.807, 2.05) is 0 Å². The number of rotatable bonds is 4. The molecule has 0 bridgehead atoms. The Morgan fingerprint density at radius 2 is 1.57 bits per heavy atom. The molecule has 0 amide bonds. The van der Waals surface area contributed by atoms with Crippen molar-refractivity contribution in [3.05, 3.63) is 0 Å². The van der Waals surface area contributed by atoms with Gasteiger partial charge in [0.2, 0.25) is 0 Å². The van der Waals surface area contributed by atoms with Gasteiger partial charge in [-0.15, -0.1) is 0 Å².